The molecule has 2 aromatic rings. The molecule has 19 heavy (non-hydrogen) atoms. The maximum absolute atomic E-state index is 11.2. The van der Waals surface area contributed by atoms with Gasteiger partial charge in [-0.3, -0.25) is 4.79 Å². The van der Waals surface area contributed by atoms with E-state index < -0.39 is 0 Å². The summed E-state index contributed by atoms with van der Waals surface area (Å²) in [5.74, 6) is 1.44. The fourth-order valence-electron chi connectivity index (χ4n) is 2.06. The van der Waals surface area contributed by atoms with Crippen molar-refractivity contribution in [2.75, 3.05) is 6.61 Å². The summed E-state index contributed by atoms with van der Waals surface area (Å²) in [4.78, 5) is 17.9. The van der Waals surface area contributed by atoms with Gasteiger partial charge in [-0.05, 0) is 29.8 Å². The molecule has 0 unspecified atom stereocenters. The van der Waals surface area contributed by atoms with Crippen LogP contribution in [0.15, 0.2) is 33.7 Å². The third-order valence-corrected chi connectivity index (χ3v) is 3.35. The fraction of sp³-hybridized carbons (Fsp3) is 0.143. The van der Waals surface area contributed by atoms with Crippen molar-refractivity contribution < 1.29 is 4.74 Å². The van der Waals surface area contributed by atoms with Gasteiger partial charge in [-0.1, -0.05) is 15.9 Å². The lowest BCUT2D eigenvalue weighted by atomic mass is 10.1. The highest BCUT2D eigenvalue weighted by molar-refractivity contribution is 9.10. The lowest BCUT2D eigenvalue weighted by Crippen LogP contribution is -2.05. The Kier molecular flexibility index (Phi) is 3.21. The molecule has 1 aromatic heterocycles. The minimum Gasteiger partial charge on any atom is -0.492 e. The summed E-state index contributed by atoms with van der Waals surface area (Å²) in [6.07, 6.45) is 6.08. The van der Waals surface area contributed by atoms with Gasteiger partial charge in [0.25, 0.3) is 5.56 Å². The Hall–Kier alpha value is -1.88. The van der Waals surface area contributed by atoms with Crippen molar-refractivity contribution in [2.24, 2.45) is 0 Å². The van der Waals surface area contributed by atoms with Crippen LogP contribution in [0.1, 0.15) is 17.0 Å². The van der Waals surface area contributed by atoms with Crippen LogP contribution in [0.4, 0.5) is 0 Å². The van der Waals surface area contributed by atoms with E-state index in [0.29, 0.717) is 12.4 Å². The highest BCUT2D eigenvalue weighted by Crippen LogP contribution is 2.33. The predicted molar refractivity (Wildman–Crippen MR) is 77.1 cm³/mol. The van der Waals surface area contributed by atoms with E-state index >= 15 is 0 Å². The van der Waals surface area contributed by atoms with E-state index in [2.05, 4.69) is 32.0 Å². The van der Waals surface area contributed by atoms with Gasteiger partial charge < -0.3 is 9.72 Å². The normalized spacial score (nSPS) is 13.5. The van der Waals surface area contributed by atoms with Gasteiger partial charge in [0.2, 0.25) is 0 Å². The van der Waals surface area contributed by atoms with Crippen LogP contribution in [0.5, 0.6) is 5.75 Å². The molecule has 0 radical (unpaired) electrons. The first-order valence-corrected chi connectivity index (χ1v) is 6.70. The van der Waals surface area contributed by atoms with Crippen molar-refractivity contribution >= 4 is 28.1 Å². The lowest BCUT2D eigenvalue weighted by molar-refractivity contribution is 0.356. The average Bonchev–Trinajstić information content (AvgIpc) is 2.84. The summed E-state index contributed by atoms with van der Waals surface area (Å²) in [6, 6.07) is 5.45. The zero-order valence-electron chi connectivity index (χ0n) is 10.0. The SMILES string of the molecule is O=c1ccnc(C=Cc2cc(Br)cc3c2OCC3)[nH]1. The first-order valence-electron chi connectivity index (χ1n) is 5.91. The van der Waals surface area contributed by atoms with Crippen LogP contribution in [0.25, 0.3) is 12.2 Å². The predicted octanol–water partition coefficient (Wildman–Crippen LogP) is 2.64. The summed E-state index contributed by atoms with van der Waals surface area (Å²) in [5.41, 5.74) is 2.02. The topological polar surface area (TPSA) is 55.0 Å². The average molecular weight is 319 g/mol. The van der Waals surface area contributed by atoms with E-state index in [4.69, 9.17) is 4.74 Å². The monoisotopic (exact) mass is 318 g/mol. The van der Waals surface area contributed by atoms with Crippen molar-refractivity contribution in [1.29, 1.82) is 0 Å². The Labute approximate surface area is 118 Å². The number of aromatic nitrogens is 2. The molecule has 0 saturated heterocycles. The second-order valence-electron chi connectivity index (χ2n) is 4.23. The van der Waals surface area contributed by atoms with E-state index in [0.717, 1.165) is 22.2 Å². The minimum absolute atomic E-state index is 0.162. The van der Waals surface area contributed by atoms with E-state index in [-0.39, 0.29) is 5.56 Å². The molecule has 1 N–H and O–H groups in total. The van der Waals surface area contributed by atoms with Gasteiger partial charge in [0, 0.05) is 28.7 Å². The Morgan fingerprint density at radius 2 is 2.26 bits per heavy atom. The summed E-state index contributed by atoms with van der Waals surface area (Å²) in [5, 5.41) is 0. The highest BCUT2D eigenvalue weighted by Gasteiger charge is 2.15. The summed E-state index contributed by atoms with van der Waals surface area (Å²) in [7, 11) is 0. The van der Waals surface area contributed by atoms with Gasteiger partial charge in [0.05, 0.1) is 6.61 Å². The van der Waals surface area contributed by atoms with Crippen molar-refractivity contribution in [3.63, 3.8) is 0 Å². The number of fused-ring (bicyclic) bond motifs is 1. The van der Waals surface area contributed by atoms with E-state index in [9.17, 15) is 4.79 Å². The highest BCUT2D eigenvalue weighted by atomic mass is 79.9. The van der Waals surface area contributed by atoms with Crippen LogP contribution in [-0.4, -0.2) is 16.6 Å². The van der Waals surface area contributed by atoms with Crippen molar-refractivity contribution in [1.82, 2.24) is 9.97 Å². The number of nitrogens with one attached hydrogen (secondary N) is 1. The van der Waals surface area contributed by atoms with Crippen LogP contribution in [-0.2, 0) is 6.42 Å². The summed E-state index contributed by atoms with van der Waals surface area (Å²) >= 11 is 3.49. The molecule has 0 spiro atoms. The number of benzene rings is 1. The number of ether oxygens (including phenoxy) is 1. The number of hydrogen-bond acceptors (Lipinski definition) is 3. The largest absolute Gasteiger partial charge is 0.492 e. The van der Waals surface area contributed by atoms with Crippen LogP contribution in [0.2, 0.25) is 0 Å². The molecule has 5 heteroatoms. The minimum atomic E-state index is -0.162. The van der Waals surface area contributed by atoms with Crippen LogP contribution in [0, 0.1) is 0 Å². The third-order valence-electron chi connectivity index (χ3n) is 2.89. The van der Waals surface area contributed by atoms with Crippen LogP contribution in [0.3, 0.4) is 0 Å². The Balaban J connectivity index is 1.98. The second-order valence-corrected chi connectivity index (χ2v) is 5.15. The molecule has 0 fully saturated rings. The van der Waals surface area contributed by atoms with E-state index in [1.807, 2.05) is 12.1 Å². The smallest absolute Gasteiger partial charge is 0.251 e. The molecule has 0 atom stereocenters. The Morgan fingerprint density at radius 1 is 1.37 bits per heavy atom. The quantitative estimate of drug-likeness (QED) is 0.926. The number of rotatable bonds is 2. The fourth-order valence-corrected chi connectivity index (χ4v) is 2.58. The van der Waals surface area contributed by atoms with Gasteiger partial charge in [-0.15, -0.1) is 0 Å². The number of halogens is 1. The Bertz CT molecular complexity index is 707. The molecule has 96 valence electrons. The Morgan fingerprint density at radius 3 is 3.11 bits per heavy atom. The molecular formula is C14H11BrN2O2. The molecule has 2 heterocycles. The molecule has 0 amide bonds. The maximum atomic E-state index is 11.2. The first-order chi connectivity index (χ1) is 9.22. The number of aromatic amines is 1. The van der Waals surface area contributed by atoms with Crippen molar-refractivity contribution in [3.05, 3.63) is 56.2 Å². The molecule has 1 aliphatic rings. The molecule has 0 saturated carbocycles. The van der Waals surface area contributed by atoms with Crippen LogP contribution < -0.4 is 10.3 Å². The van der Waals surface area contributed by atoms with Gasteiger partial charge in [0.15, 0.2) is 0 Å². The molecule has 0 bridgehead atoms. The summed E-state index contributed by atoms with van der Waals surface area (Å²) in [6.45, 7) is 0.715. The van der Waals surface area contributed by atoms with Crippen LogP contribution >= 0.6 is 15.9 Å². The molecule has 1 aliphatic heterocycles. The standard InChI is InChI=1S/C14H11BrN2O2/c15-11-7-9(14-10(8-11)4-6-19-14)1-2-12-16-5-3-13(18)17-12/h1-3,5,7-8H,4,6H2,(H,16,17,18). The second kappa shape index (κ2) is 5.01. The van der Waals surface area contributed by atoms with Crippen molar-refractivity contribution in [3.8, 4) is 5.75 Å². The van der Waals surface area contributed by atoms with E-state index in [1.165, 1.54) is 17.8 Å². The molecule has 3 rings (SSSR count). The molecule has 4 nitrogen and oxygen atoms in total. The number of nitrogens with zero attached hydrogens (tertiary/aromatic N) is 1. The van der Waals surface area contributed by atoms with Crippen molar-refractivity contribution in [2.45, 2.75) is 6.42 Å². The molecular weight excluding hydrogens is 308 g/mol. The zero-order chi connectivity index (χ0) is 13.2. The van der Waals surface area contributed by atoms with Gasteiger partial charge in [-0.2, -0.15) is 0 Å². The number of hydrogen-bond donors (Lipinski definition) is 1. The molecule has 1 aromatic carbocycles. The third kappa shape index (κ3) is 2.61. The van der Waals surface area contributed by atoms with E-state index in [1.54, 1.807) is 6.08 Å². The molecule has 0 aliphatic carbocycles. The summed E-state index contributed by atoms with van der Waals surface area (Å²) < 4.78 is 6.65. The number of H-pyrrole nitrogens is 1. The van der Waals surface area contributed by atoms with Gasteiger partial charge in [-0.25, -0.2) is 4.98 Å². The maximum Gasteiger partial charge on any atom is 0.251 e. The van der Waals surface area contributed by atoms with Gasteiger partial charge in [0.1, 0.15) is 11.6 Å². The lowest BCUT2D eigenvalue weighted by Gasteiger charge is -2.04. The van der Waals surface area contributed by atoms with Gasteiger partial charge >= 0.3 is 0 Å². The zero-order valence-corrected chi connectivity index (χ0v) is 11.6. The first kappa shape index (κ1) is 12.2.